The molecule has 0 aliphatic heterocycles. The van der Waals surface area contributed by atoms with Gasteiger partial charge in [0, 0.05) is 0 Å². The van der Waals surface area contributed by atoms with Crippen LogP contribution in [0.3, 0.4) is 0 Å². The molecule has 2 aromatic heterocycles. The number of fused-ring (bicyclic) bond motifs is 1. The van der Waals surface area contributed by atoms with E-state index in [0.29, 0.717) is 0 Å². The minimum atomic E-state index is -0.826. The molecule has 0 spiro atoms. The third kappa shape index (κ3) is 1.56. The molecule has 0 amide bonds. The zero-order valence-corrected chi connectivity index (χ0v) is 8.64. The van der Waals surface area contributed by atoms with Gasteiger partial charge < -0.3 is 5.73 Å². The first-order chi connectivity index (χ1) is 8.60. The van der Waals surface area contributed by atoms with Gasteiger partial charge in [0.1, 0.15) is 6.54 Å². The van der Waals surface area contributed by atoms with Crippen molar-refractivity contribution < 1.29 is 10.1 Å². The van der Waals surface area contributed by atoms with Gasteiger partial charge in [-0.3, -0.25) is 15.3 Å². The Labute approximate surface area is 97.5 Å². The average molecular weight is 254 g/mol. The lowest BCUT2D eigenvalue weighted by molar-refractivity contribution is -0.383. The maximum Gasteiger partial charge on any atom is 0.341 e. The smallest absolute Gasteiger partial charge is 0.341 e. The second kappa shape index (κ2) is 4.17. The summed E-state index contributed by atoms with van der Waals surface area (Å²) in [6.07, 6.45) is 0. The molecule has 12 nitrogen and oxygen atoms in total. The predicted octanol–water partition coefficient (Wildman–Crippen LogP) is -0.318. The van der Waals surface area contributed by atoms with Gasteiger partial charge in [0.15, 0.2) is 11.5 Å². The average Bonchev–Trinajstić information content (AvgIpc) is 2.72. The van der Waals surface area contributed by atoms with Crippen LogP contribution in [0.2, 0.25) is 0 Å². The van der Waals surface area contributed by atoms with Crippen LogP contribution in [0.15, 0.2) is 5.18 Å². The van der Waals surface area contributed by atoms with E-state index < -0.39 is 16.4 Å². The SMILES string of the molecule is Nc1c([N+](=O)[O-])c(NO)nn2c(CN=O)nnc12. The van der Waals surface area contributed by atoms with E-state index in [-0.39, 0.29) is 23.7 Å². The summed E-state index contributed by atoms with van der Waals surface area (Å²) in [7, 11) is 0. The second-order valence-electron chi connectivity index (χ2n) is 3.12. The Balaban J connectivity index is 2.79. The number of hydrogen-bond acceptors (Lipinski definition) is 10. The standard InChI is InChI=1S/C6H6N8O4/c7-3-4(14(17)18)5(12-16)11-13-2(1-8-15)9-10-6(3)13/h16H,1,7H2,(H,11,12). The molecule has 0 aromatic carbocycles. The van der Waals surface area contributed by atoms with Gasteiger partial charge in [0.25, 0.3) is 5.82 Å². The molecule has 0 aliphatic rings. The Bertz CT molecular complexity index is 636. The fourth-order valence-corrected chi connectivity index (χ4v) is 1.38. The summed E-state index contributed by atoms with van der Waals surface area (Å²) < 4.78 is 0.988. The molecule has 18 heavy (non-hydrogen) atoms. The largest absolute Gasteiger partial charge is 0.390 e. The number of nitroso groups, excluding NO2 is 1. The summed E-state index contributed by atoms with van der Waals surface area (Å²) in [5, 5.41) is 33.0. The van der Waals surface area contributed by atoms with Crippen molar-refractivity contribution in [2.75, 3.05) is 11.2 Å². The molecule has 0 atom stereocenters. The lowest BCUT2D eigenvalue weighted by Gasteiger charge is -2.04. The Hall–Kier alpha value is -2.89. The quantitative estimate of drug-likeness (QED) is 0.375. The van der Waals surface area contributed by atoms with Crippen molar-refractivity contribution in [1.82, 2.24) is 19.8 Å². The fourth-order valence-electron chi connectivity index (χ4n) is 1.38. The van der Waals surface area contributed by atoms with Crippen molar-refractivity contribution in [3.8, 4) is 0 Å². The molecule has 0 aliphatic carbocycles. The highest BCUT2D eigenvalue weighted by Crippen LogP contribution is 2.31. The number of nitrogens with zero attached hydrogens (tertiary/aromatic N) is 6. The van der Waals surface area contributed by atoms with Crippen LogP contribution in [-0.4, -0.2) is 29.9 Å². The van der Waals surface area contributed by atoms with Crippen molar-refractivity contribution in [2.24, 2.45) is 5.18 Å². The maximum atomic E-state index is 10.8. The van der Waals surface area contributed by atoms with Crippen molar-refractivity contribution in [1.29, 1.82) is 0 Å². The number of rotatable bonds is 4. The molecule has 2 rings (SSSR count). The number of aromatic nitrogens is 4. The number of hydrogen-bond donors (Lipinski definition) is 3. The summed E-state index contributed by atoms with van der Waals surface area (Å²) >= 11 is 0. The van der Waals surface area contributed by atoms with Crippen LogP contribution in [0, 0.1) is 15.0 Å². The van der Waals surface area contributed by atoms with Crippen molar-refractivity contribution in [2.45, 2.75) is 6.54 Å². The minimum absolute atomic E-state index is 0.0399. The van der Waals surface area contributed by atoms with Gasteiger partial charge in [-0.05, 0) is 0 Å². The van der Waals surface area contributed by atoms with E-state index in [1.807, 2.05) is 0 Å². The third-order valence-electron chi connectivity index (χ3n) is 2.12. The van der Waals surface area contributed by atoms with E-state index in [1.165, 1.54) is 0 Å². The summed E-state index contributed by atoms with van der Waals surface area (Å²) in [4.78, 5) is 20.1. The number of nitrogen functional groups attached to an aromatic ring is 1. The number of nitrogens with one attached hydrogen (secondary N) is 1. The molecule has 0 saturated carbocycles. The molecule has 94 valence electrons. The first-order valence-electron chi connectivity index (χ1n) is 4.47. The monoisotopic (exact) mass is 254 g/mol. The summed E-state index contributed by atoms with van der Waals surface area (Å²) in [5.41, 5.74) is 6.02. The molecule has 0 unspecified atom stereocenters. The molecule has 0 radical (unpaired) electrons. The van der Waals surface area contributed by atoms with Crippen LogP contribution in [0.1, 0.15) is 5.82 Å². The zero-order valence-electron chi connectivity index (χ0n) is 8.64. The van der Waals surface area contributed by atoms with Crippen LogP contribution in [0.5, 0.6) is 0 Å². The van der Waals surface area contributed by atoms with Crippen LogP contribution >= 0.6 is 0 Å². The van der Waals surface area contributed by atoms with E-state index in [2.05, 4.69) is 20.5 Å². The van der Waals surface area contributed by atoms with Crippen molar-refractivity contribution in [3.63, 3.8) is 0 Å². The third-order valence-corrected chi connectivity index (χ3v) is 2.12. The van der Waals surface area contributed by atoms with Gasteiger partial charge in [0.2, 0.25) is 5.65 Å². The molecule has 0 fully saturated rings. The highest BCUT2D eigenvalue weighted by atomic mass is 16.6. The molecule has 4 N–H and O–H groups in total. The molecule has 12 heteroatoms. The highest BCUT2D eigenvalue weighted by Gasteiger charge is 2.26. The van der Waals surface area contributed by atoms with Crippen LogP contribution in [-0.2, 0) is 6.54 Å². The van der Waals surface area contributed by atoms with Gasteiger partial charge in [-0.2, -0.15) is 9.42 Å². The first kappa shape index (κ1) is 11.6. The molecule has 2 aromatic rings. The van der Waals surface area contributed by atoms with E-state index in [0.717, 1.165) is 4.52 Å². The predicted molar refractivity (Wildman–Crippen MR) is 56.8 cm³/mol. The Morgan fingerprint density at radius 3 is 2.83 bits per heavy atom. The summed E-state index contributed by atoms with van der Waals surface area (Å²) in [5.74, 6) is -0.449. The topological polar surface area (TPSA) is 174 Å². The molecular weight excluding hydrogens is 248 g/mol. The molecule has 0 bridgehead atoms. The molecular formula is C6H6N8O4. The Morgan fingerprint density at radius 1 is 1.56 bits per heavy atom. The minimum Gasteiger partial charge on any atom is -0.390 e. The van der Waals surface area contributed by atoms with Gasteiger partial charge in [0.05, 0.1) is 4.92 Å². The number of nitrogens with two attached hydrogens (primary N) is 1. The zero-order chi connectivity index (χ0) is 13.3. The highest BCUT2D eigenvalue weighted by molar-refractivity contribution is 5.81. The van der Waals surface area contributed by atoms with Gasteiger partial charge in [-0.15, -0.1) is 15.3 Å². The fraction of sp³-hybridized carbons (Fsp3) is 0.167. The van der Waals surface area contributed by atoms with Gasteiger partial charge in [-0.25, -0.2) is 5.48 Å². The van der Waals surface area contributed by atoms with E-state index in [1.54, 1.807) is 5.48 Å². The first-order valence-corrected chi connectivity index (χ1v) is 4.47. The van der Waals surface area contributed by atoms with Gasteiger partial charge >= 0.3 is 5.69 Å². The second-order valence-corrected chi connectivity index (χ2v) is 3.12. The van der Waals surface area contributed by atoms with E-state index >= 15 is 0 Å². The number of nitro groups is 1. The lowest BCUT2D eigenvalue weighted by Crippen LogP contribution is -2.09. The molecule has 0 saturated heterocycles. The van der Waals surface area contributed by atoms with Gasteiger partial charge in [-0.1, -0.05) is 5.18 Å². The van der Waals surface area contributed by atoms with Crippen LogP contribution in [0.4, 0.5) is 17.2 Å². The summed E-state index contributed by atoms with van der Waals surface area (Å²) in [6.45, 7) is -0.337. The Kier molecular flexibility index (Phi) is 2.69. The van der Waals surface area contributed by atoms with Crippen LogP contribution in [0.25, 0.3) is 5.65 Å². The van der Waals surface area contributed by atoms with Crippen molar-refractivity contribution >= 4 is 22.8 Å². The van der Waals surface area contributed by atoms with Crippen LogP contribution < -0.4 is 11.2 Å². The number of anilines is 2. The maximum absolute atomic E-state index is 10.8. The molecule has 2 heterocycles. The van der Waals surface area contributed by atoms with Crippen molar-refractivity contribution in [3.05, 3.63) is 20.8 Å². The van der Waals surface area contributed by atoms with E-state index in [4.69, 9.17) is 10.9 Å². The normalized spacial score (nSPS) is 10.5. The Morgan fingerprint density at radius 2 is 2.28 bits per heavy atom. The lowest BCUT2D eigenvalue weighted by atomic mass is 10.3. The van der Waals surface area contributed by atoms with E-state index in [9.17, 15) is 15.0 Å². The summed E-state index contributed by atoms with van der Waals surface area (Å²) in [6, 6.07) is 0.